The molecule has 0 radical (unpaired) electrons. The molecule has 100 valence electrons. The van der Waals surface area contributed by atoms with Gasteiger partial charge in [-0.3, -0.25) is 4.79 Å². The van der Waals surface area contributed by atoms with Crippen LogP contribution in [-0.2, 0) is 4.74 Å². The maximum Gasteiger partial charge on any atom is 0.269 e. The van der Waals surface area contributed by atoms with Crippen molar-refractivity contribution in [2.45, 2.75) is 6.92 Å². The van der Waals surface area contributed by atoms with Gasteiger partial charge in [0.15, 0.2) is 0 Å². The lowest BCUT2D eigenvalue weighted by molar-refractivity contribution is 0.122. The Morgan fingerprint density at radius 2 is 2.11 bits per heavy atom. The van der Waals surface area contributed by atoms with Gasteiger partial charge in [0.05, 0.1) is 35.0 Å². The van der Waals surface area contributed by atoms with Crippen molar-refractivity contribution >= 4 is 28.3 Å². The molecule has 0 unspecified atom stereocenters. The first kappa shape index (κ1) is 12.4. The number of morpholine rings is 1. The van der Waals surface area contributed by atoms with Gasteiger partial charge in [0.1, 0.15) is 5.69 Å². The van der Waals surface area contributed by atoms with Crippen molar-refractivity contribution in [1.82, 2.24) is 9.97 Å². The van der Waals surface area contributed by atoms with Gasteiger partial charge in [-0.25, -0.2) is 4.98 Å². The first-order valence-corrected chi connectivity index (χ1v) is 6.56. The molecule has 0 bridgehead atoms. The van der Waals surface area contributed by atoms with E-state index in [0.29, 0.717) is 35.0 Å². The number of benzene rings is 1. The Bertz CT molecular complexity index is 677. The fourth-order valence-electron chi connectivity index (χ4n) is 2.25. The fourth-order valence-corrected chi connectivity index (χ4v) is 2.58. The summed E-state index contributed by atoms with van der Waals surface area (Å²) in [5.41, 5.74) is 2.47. The van der Waals surface area contributed by atoms with Crippen LogP contribution in [0.1, 0.15) is 5.69 Å². The van der Waals surface area contributed by atoms with Gasteiger partial charge in [0, 0.05) is 13.1 Å². The quantitative estimate of drug-likeness (QED) is 0.864. The molecule has 1 aliphatic heterocycles. The molecule has 2 heterocycles. The molecule has 2 aromatic rings. The summed E-state index contributed by atoms with van der Waals surface area (Å²) in [5, 5.41) is 0.545. The molecule has 0 atom stereocenters. The molecular formula is C13H14ClN3O2. The molecule has 6 heteroatoms. The summed E-state index contributed by atoms with van der Waals surface area (Å²) >= 11 is 6.41. The number of aromatic amines is 1. The summed E-state index contributed by atoms with van der Waals surface area (Å²) < 4.78 is 5.33. The Kier molecular flexibility index (Phi) is 3.16. The molecule has 1 N–H and O–H groups in total. The van der Waals surface area contributed by atoms with E-state index in [1.54, 1.807) is 6.92 Å². The molecule has 3 rings (SSSR count). The first-order valence-electron chi connectivity index (χ1n) is 6.18. The van der Waals surface area contributed by atoms with E-state index >= 15 is 0 Å². The van der Waals surface area contributed by atoms with Crippen molar-refractivity contribution in [1.29, 1.82) is 0 Å². The van der Waals surface area contributed by atoms with E-state index in [4.69, 9.17) is 16.3 Å². The standard InChI is InChI=1S/C13H14ClN3O2/c1-8-13(18)16-12-9(15-8)2-3-10(11(12)14)17-4-6-19-7-5-17/h2-3H,4-7H2,1H3,(H,16,18). The SMILES string of the molecule is Cc1nc2ccc(N3CCOCC3)c(Cl)c2[nH]c1=O. The van der Waals surface area contributed by atoms with Crippen LogP contribution in [0, 0.1) is 6.92 Å². The summed E-state index contributed by atoms with van der Waals surface area (Å²) in [6.45, 7) is 4.67. The van der Waals surface area contributed by atoms with Crippen LogP contribution in [0.3, 0.4) is 0 Å². The minimum Gasteiger partial charge on any atom is -0.378 e. The highest BCUT2D eigenvalue weighted by Crippen LogP contribution is 2.31. The number of nitrogens with one attached hydrogen (secondary N) is 1. The normalized spacial score (nSPS) is 16.0. The minimum absolute atomic E-state index is 0.200. The number of rotatable bonds is 1. The number of anilines is 1. The summed E-state index contributed by atoms with van der Waals surface area (Å²) in [7, 11) is 0. The van der Waals surface area contributed by atoms with E-state index in [0.717, 1.165) is 18.8 Å². The Hall–Kier alpha value is -1.59. The molecule has 5 nitrogen and oxygen atoms in total. The monoisotopic (exact) mass is 279 g/mol. The molecule has 0 spiro atoms. The lowest BCUT2D eigenvalue weighted by Crippen LogP contribution is -2.36. The second-order valence-electron chi connectivity index (χ2n) is 4.54. The van der Waals surface area contributed by atoms with Gasteiger partial charge in [-0.1, -0.05) is 11.6 Å². The smallest absolute Gasteiger partial charge is 0.269 e. The predicted octanol–water partition coefficient (Wildman–Crippen LogP) is 1.72. The minimum atomic E-state index is -0.200. The molecule has 0 aliphatic carbocycles. The third-order valence-electron chi connectivity index (χ3n) is 3.31. The van der Waals surface area contributed by atoms with Gasteiger partial charge >= 0.3 is 0 Å². The molecule has 1 aliphatic rings. The topological polar surface area (TPSA) is 58.2 Å². The Morgan fingerprint density at radius 3 is 2.84 bits per heavy atom. The molecule has 1 fully saturated rings. The van der Waals surface area contributed by atoms with Crippen molar-refractivity contribution in [2.24, 2.45) is 0 Å². The Balaban J connectivity index is 2.14. The summed E-state index contributed by atoms with van der Waals surface area (Å²) in [4.78, 5) is 20.9. The zero-order chi connectivity index (χ0) is 13.4. The highest BCUT2D eigenvalue weighted by atomic mass is 35.5. The Morgan fingerprint density at radius 1 is 1.37 bits per heavy atom. The molecule has 0 amide bonds. The summed E-state index contributed by atoms with van der Waals surface area (Å²) in [6.07, 6.45) is 0. The van der Waals surface area contributed by atoms with E-state index in [1.807, 2.05) is 12.1 Å². The van der Waals surface area contributed by atoms with Crippen LogP contribution >= 0.6 is 11.6 Å². The number of halogens is 1. The molecule has 0 saturated carbocycles. The molecule has 1 saturated heterocycles. The number of ether oxygens (including phenoxy) is 1. The predicted molar refractivity (Wildman–Crippen MR) is 75.1 cm³/mol. The van der Waals surface area contributed by atoms with Crippen LogP contribution in [0.25, 0.3) is 11.0 Å². The number of nitrogens with zero attached hydrogens (tertiary/aromatic N) is 2. The largest absolute Gasteiger partial charge is 0.378 e. The van der Waals surface area contributed by atoms with Gasteiger partial charge < -0.3 is 14.6 Å². The van der Waals surface area contributed by atoms with Crippen LogP contribution in [-0.4, -0.2) is 36.3 Å². The van der Waals surface area contributed by atoms with Crippen molar-refractivity contribution < 1.29 is 4.74 Å². The summed E-state index contributed by atoms with van der Waals surface area (Å²) in [5.74, 6) is 0. The van der Waals surface area contributed by atoms with Crippen LogP contribution in [0.4, 0.5) is 5.69 Å². The lowest BCUT2D eigenvalue weighted by atomic mass is 10.2. The van der Waals surface area contributed by atoms with Gasteiger partial charge in [0.25, 0.3) is 5.56 Å². The molecular weight excluding hydrogens is 266 g/mol. The number of aromatic nitrogens is 2. The highest BCUT2D eigenvalue weighted by Gasteiger charge is 2.16. The second-order valence-corrected chi connectivity index (χ2v) is 4.92. The molecule has 19 heavy (non-hydrogen) atoms. The fraction of sp³-hybridized carbons (Fsp3) is 0.385. The average Bonchev–Trinajstić information content (AvgIpc) is 2.42. The second kappa shape index (κ2) is 4.83. The van der Waals surface area contributed by atoms with Crippen LogP contribution < -0.4 is 10.5 Å². The van der Waals surface area contributed by atoms with Gasteiger partial charge in [0.2, 0.25) is 0 Å². The molecule has 1 aromatic heterocycles. The van der Waals surface area contributed by atoms with Gasteiger partial charge in [-0.2, -0.15) is 0 Å². The zero-order valence-electron chi connectivity index (χ0n) is 10.6. The van der Waals surface area contributed by atoms with Gasteiger partial charge in [-0.15, -0.1) is 0 Å². The molecule has 1 aromatic carbocycles. The van der Waals surface area contributed by atoms with Crippen LogP contribution in [0.15, 0.2) is 16.9 Å². The number of H-pyrrole nitrogens is 1. The number of hydrogen-bond acceptors (Lipinski definition) is 4. The van der Waals surface area contributed by atoms with Gasteiger partial charge in [-0.05, 0) is 19.1 Å². The number of hydrogen-bond donors (Lipinski definition) is 1. The summed E-state index contributed by atoms with van der Waals surface area (Å²) in [6, 6.07) is 3.83. The third kappa shape index (κ3) is 2.19. The first-order chi connectivity index (χ1) is 9.16. The van der Waals surface area contributed by atoms with Crippen molar-refractivity contribution in [3.8, 4) is 0 Å². The van der Waals surface area contributed by atoms with E-state index in [1.165, 1.54) is 0 Å². The highest BCUT2D eigenvalue weighted by molar-refractivity contribution is 6.37. The average molecular weight is 280 g/mol. The van der Waals surface area contributed by atoms with Crippen LogP contribution in [0.2, 0.25) is 5.02 Å². The third-order valence-corrected chi connectivity index (χ3v) is 3.69. The van der Waals surface area contributed by atoms with Crippen LogP contribution in [0.5, 0.6) is 0 Å². The Labute approximate surface area is 115 Å². The van der Waals surface area contributed by atoms with Crippen molar-refractivity contribution in [3.05, 3.63) is 33.2 Å². The number of aryl methyl sites for hydroxylation is 1. The van der Waals surface area contributed by atoms with Crippen molar-refractivity contribution in [3.63, 3.8) is 0 Å². The lowest BCUT2D eigenvalue weighted by Gasteiger charge is -2.29. The van der Waals surface area contributed by atoms with Crippen molar-refractivity contribution in [2.75, 3.05) is 31.2 Å². The zero-order valence-corrected chi connectivity index (χ0v) is 11.3. The van der Waals surface area contributed by atoms with E-state index < -0.39 is 0 Å². The van der Waals surface area contributed by atoms with E-state index in [-0.39, 0.29) is 5.56 Å². The maximum atomic E-state index is 11.7. The maximum absolute atomic E-state index is 11.7. The van der Waals surface area contributed by atoms with E-state index in [9.17, 15) is 4.79 Å². The van der Waals surface area contributed by atoms with E-state index in [2.05, 4.69) is 14.9 Å². The number of fused-ring (bicyclic) bond motifs is 1.